The maximum atomic E-state index is 13.6. The van der Waals surface area contributed by atoms with Crippen molar-refractivity contribution >= 4 is 11.6 Å². The quantitative estimate of drug-likeness (QED) is 0.768. The SMILES string of the molecule is CCCC(CCN)CCC(=O)Nc1cc(F)c(C)cc1F. The molecule has 5 heteroatoms. The van der Waals surface area contributed by atoms with Crippen molar-refractivity contribution < 1.29 is 13.6 Å². The van der Waals surface area contributed by atoms with E-state index in [1.54, 1.807) is 0 Å². The Morgan fingerprint density at radius 2 is 1.95 bits per heavy atom. The van der Waals surface area contributed by atoms with E-state index < -0.39 is 11.6 Å². The van der Waals surface area contributed by atoms with Crippen LogP contribution in [0.15, 0.2) is 12.1 Å². The van der Waals surface area contributed by atoms with Crippen LogP contribution in [-0.4, -0.2) is 12.5 Å². The molecule has 0 aromatic heterocycles. The third kappa shape index (κ3) is 5.79. The first-order valence-electron chi connectivity index (χ1n) is 7.43. The summed E-state index contributed by atoms with van der Waals surface area (Å²) in [4.78, 5) is 11.8. The predicted molar refractivity (Wildman–Crippen MR) is 81.0 cm³/mol. The molecule has 1 aromatic rings. The molecule has 3 N–H and O–H groups in total. The minimum Gasteiger partial charge on any atom is -0.330 e. The summed E-state index contributed by atoms with van der Waals surface area (Å²) in [5, 5.41) is 2.43. The van der Waals surface area contributed by atoms with Gasteiger partial charge in [-0.1, -0.05) is 19.8 Å². The minimum atomic E-state index is -0.616. The molecule has 118 valence electrons. The molecule has 0 saturated heterocycles. The summed E-state index contributed by atoms with van der Waals surface area (Å²) in [6, 6.07) is 2.10. The summed E-state index contributed by atoms with van der Waals surface area (Å²) in [5.74, 6) is -1.03. The van der Waals surface area contributed by atoms with Gasteiger partial charge in [0, 0.05) is 12.5 Å². The van der Waals surface area contributed by atoms with E-state index in [1.165, 1.54) is 6.92 Å². The molecule has 0 bridgehead atoms. The van der Waals surface area contributed by atoms with Crippen LogP contribution in [0.2, 0.25) is 0 Å². The Bertz CT molecular complexity index is 472. The first-order chi connectivity index (χ1) is 9.97. The number of carbonyl (C=O) groups is 1. The summed E-state index contributed by atoms with van der Waals surface area (Å²) >= 11 is 0. The highest BCUT2D eigenvalue weighted by Crippen LogP contribution is 2.21. The molecular formula is C16H24F2N2O. The Morgan fingerprint density at radius 3 is 2.57 bits per heavy atom. The molecule has 1 unspecified atom stereocenters. The van der Waals surface area contributed by atoms with Crippen LogP contribution in [0.1, 0.15) is 44.6 Å². The van der Waals surface area contributed by atoms with Crippen LogP contribution < -0.4 is 11.1 Å². The smallest absolute Gasteiger partial charge is 0.224 e. The van der Waals surface area contributed by atoms with E-state index in [1.807, 2.05) is 0 Å². The maximum absolute atomic E-state index is 13.6. The van der Waals surface area contributed by atoms with E-state index in [2.05, 4.69) is 12.2 Å². The van der Waals surface area contributed by atoms with Gasteiger partial charge in [-0.15, -0.1) is 0 Å². The molecule has 0 fully saturated rings. The van der Waals surface area contributed by atoms with Crippen LogP contribution in [0.25, 0.3) is 0 Å². The Hall–Kier alpha value is -1.49. The summed E-state index contributed by atoms with van der Waals surface area (Å²) < 4.78 is 27.0. The molecule has 1 atom stereocenters. The summed E-state index contributed by atoms with van der Waals surface area (Å²) in [7, 11) is 0. The van der Waals surface area contributed by atoms with Crippen LogP contribution in [-0.2, 0) is 4.79 Å². The van der Waals surface area contributed by atoms with E-state index in [9.17, 15) is 13.6 Å². The molecule has 1 rings (SSSR count). The highest BCUT2D eigenvalue weighted by molar-refractivity contribution is 5.90. The maximum Gasteiger partial charge on any atom is 0.224 e. The second-order valence-electron chi connectivity index (χ2n) is 5.40. The average Bonchev–Trinajstić information content (AvgIpc) is 2.42. The third-order valence-electron chi connectivity index (χ3n) is 3.57. The zero-order valence-corrected chi connectivity index (χ0v) is 12.7. The summed E-state index contributed by atoms with van der Waals surface area (Å²) in [6.07, 6.45) is 3.96. The number of rotatable bonds is 8. The Labute approximate surface area is 124 Å². The van der Waals surface area contributed by atoms with Gasteiger partial charge in [0.25, 0.3) is 0 Å². The number of halogens is 2. The van der Waals surface area contributed by atoms with Gasteiger partial charge in [-0.25, -0.2) is 8.78 Å². The van der Waals surface area contributed by atoms with Crippen LogP contribution >= 0.6 is 0 Å². The standard InChI is InChI=1S/C16H24F2N2O/c1-3-4-12(7-8-19)5-6-16(21)20-15-10-13(17)11(2)9-14(15)18/h9-10,12H,3-8,19H2,1-2H3,(H,20,21). The summed E-state index contributed by atoms with van der Waals surface area (Å²) in [6.45, 7) is 4.17. The van der Waals surface area contributed by atoms with Gasteiger partial charge in [-0.2, -0.15) is 0 Å². The molecule has 0 aliphatic rings. The van der Waals surface area contributed by atoms with Crippen molar-refractivity contribution in [1.29, 1.82) is 0 Å². The van der Waals surface area contributed by atoms with E-state index in [0.29, 0.717) is 25.3 Å². The number of aryl methyl sites for hydroxylation is 1. The highest BCUT2D eigenvalue weighted by atomic mass is 19.1. The zero-order valence-electron chi connectivity index (χ0n) is 12.7. The van der Waals surface area contributed by atoms with Gasteiger partial charge in [0.05, 0.1) is 5.69 Å². The highest BCUT2D eigenvalue weighted by Gasteiger charge is 2.13. The summed E-state index contributed by atoms with van der Waals surface area (Å²) in [5.41, 5.74) is 5.66. The fourth-order valence-corrected chi connectivity index (χ4v) is 2.37. The predicted octanol–water partition coefficient (Wildman–Crippen LogP) is 3.76. The van der Waals surface area contributed by atoms with Gasteiger partial charge >= 0.3 is 0 Å². The lowest BCUT2D eigenvalue weighted by atomic mass is 9.94. The van der Waals surface area contributed by atoms with E-state index >= 15 is 0 Å². The van der Waals surface area contributed by atoms with Crippen LogP contribution in [0.5, 0.6) is 0 Å². The van der Waals surface area contributed by atoms with Crippen molar-refractivity contribution in [3.8, 4) is 0 Å². The lowest BCUT2D eigenvalue weighted by molar-refractivity contribution is -0.116. The van der Waals surface area contributed by atoms with Crippen LogP contribution in [0.3, 0.4) is 0 Å². The van der Waals surface area contributed by atoms with Crippen molar-refractivity contribution in [3.05, 3.63) is 29.3 Å². The molecule has 0 aliphatic carbocycles. The van der Waals surface area contributed by atoms with Crippen molar-refractivity contribution in [2.75, 3.05) is 11.9 Å². The number of benzene rings is 1. The molecule has 3 nitrogen and oxygen atoms in total. The minimum absolute atomic E-state index is 0.103. The molecule has 0 aliphatic heterocycles. The topological polar surface area (TPSA) is 55.1 Å². The first-order valence-corrected chi connectivity index (χ1v) is 7.43. The molecule has 0 radical (unpaired) electrons. The average molecular weight is 298 g/mol. The second-order valence-corrected chi connectivity index (χ2v) is 5.40. The van der Waals surface area contributed by atoms with Gasteiger partial charge in [0.15, 0.2) is 0 Å². The molecule has 1 amide bonds. The van der Waals surface area contributed by atoms with Gasteiger partial charge in [-0.05, 0) is 43.9 Å². The fourth-order valence-electron chi connectivity index (χ4n) is 2.37. The van der Waals surface area contributed by atoms with E-state index in [4.69, 9.17) is 5.73 Å². The van der Waals surface area contributed by atoms with Crippen LogP contribution in [0, 0.1) is 24.5 Å². The Morgan fingerprint density at radius 1 is 1.24 bits per heavy atom. The van der Waals surface area contributed by atoms with Crippen molar-refractivity contribution in [1.82, 2.24) is 0 Å². The monoisotopic (exact) mass is 298 g/mol. The van der Waals surface area contributed by atoms with Gasteiger partial charge in [0.1, 0.15) is 11.6 Å². The molecule has 0 spiro atoms. The lowest BCUT2D eigenvalue weighted by Gasteiger charge is -2.15. The number of hydrogen-bond acceptors (Lipinski definition) is 2. The number of nitrogens with two attached hydrogens (primary N) is 1. The Kier molecular flexibility index (Phi) is 7.29. The van der Waals surface area contributed by atoms with Crippen molar-refractivity contribution in [2.24, 2.45) is 11.7 Å². The number of hydrogen-bond donors (Lipinski definition) is 2. The van der Waals surface area contributed by atoms with Crippen LogP contribution in [0.4, 0.5) is 14.5 Å². The van der Waals surface area contributed by atoms with E-state index in [0.717, 1.165) is 31.4 Å². The van der Waals surface area contributed by atoms with Gasteiger partial charge in [0.2, 0.25) is 5.91 Å². The second kappa shape index (κ2) is 8.72. The van der Waals surface area contributed by atoms with Crippen molar-refractivity contribution in [2.45, 2.75) is 46.0 Å². The normalized spacial score (nSPS) is 12.2. The third-order valence-corrected chi connectivity index (χ3v) is 3.57. The Balaban J connectivity index is 2.55. The van der Waals surface area contributed by atoms with Gasteiger partial charge < -0.3 is 11.1 Å². The molecule has 0 heterocycles. The fraction of sp³-hybridized carbons (Fsp3) is 0.562. The number of carbonyl (C=O) groups excluding carboxylic acids is 1. The largest absolute Gasteiger partial charge is 0.330 e. The van der Waals surface area contributed by atoms with Gasteiger partial charge in [-0.3, -0.25) is 4.79 Å². The molecule has 0 saturated carbocycles. The zero-order chi connectivity index (χ0) is 15.8. The number of nitrogens with one attached hydrogen (secondary N) is 1. The molecule has 21 heavy (non-hydrogen) atoms. The lowest BCUT2D eigenvalue weighted by Crippen LogP contribution is -2.16. The molecule has 1 aromatic carbocycles. The van der Waals surface area contributed by atoms with E-state index in [-0.39, 0.29) is 17.2 Å². The number of amides is 1. The first kappa shape index (κ1) is 17.6. The molecular weight excluding hydrogens is 274 g/mol. The number of anilines is 1. The van der Waals surface area contributed by atoms with Crippen molar-refractivity contribution in [3.63, 3.8) is 0 Å².